The maximum Gasteiger partial charge on any atom is 0.257 e. The fourth-order valence-corrected chi connectivity index (χ4v) is 3.43. The number of aromatic nitrogens is 1. The summed E-state index contributed by atoms with van der Waals surface area (Å²) in [6.07, 6.45) is 3.61. The van der Waals surface area contributed by atoms with Crippen molar-refractivity contribution in [1.29, 1.82) is 0 Å². The van der Waals surface area contributed by atoms with E-state index in [-0.39, 0.29) is 11.7 Å². The van der Waals surface area contributed by atoms with Gasteiger partial charge in [0.1, 0.15) is 5.75 Å². The molecule has 132 valence electrons. The molecule has 1 aromatic heterocycles. The SMILES string of the molecule is O=C(c1cc2ccccc2cc1O)N1CCN(Cc2ccncc2)CC1. The highest BCUT2D eigenvalue weighted by Gasteiger charge is 2.24. The Labute approximate surface area is 152 Å². The van der Waals surface area contributed by atoms with Crippen LogP contribution in [0.5, 0.6) is 5.75 Å². The van der Waals surface area contributed by atoms with Crippen LogP contribution in [0.25, 0.3) is 10.8 Å². The summed E-state index contributed by atoms with van der Waals surface area (Å²) in [6, 6.07) is 15.2. The highest BCUT2D eigenvalue weighted by Crippen LogP contribution is 2.26. The second-order valence-corrected chi connectivity index (χ2v) is 6.64. The average Bonchev–Trinajstić information content (AvgIpc) is 2.68. The van der Waals surface area contributed by atoms with Gasteiger partial charge in [0.25, 0.3) is 5.91 Å². The van der Waals surface area contributed by atoms with E-state index in [9.17, 15) is 9.90 Å². The number of phenolic OH excluding ortho intramolecular Hbond substituents is 1. The van der Waals surface area contributed by atoms with E-state index in [1.807, 2.05) is 41.3 Å². The van der Waals surface area contributed by atoms with Crippen molar-refractivity contribution in [2.45, 2.75) is 6.54 Å². The number of hydrogen-bond acceptors (Lipinski definition) is 4. The molecule has 1 N–H and O–H groups in total. The van der Waals surface area contributed by atoms with E-state index in [1.54, 1.807) is 24.5 Å². The number of hydrogen-bond donors (Lipinski definition) is 1. The number of aromatic hydroxyl groups is 1. The van der Waals surface area contributed by atoms with Gasteiger partial charge in [0.2, 0.25) is 0 Å². The fraction of sp³-hybridized carbons (Fsp3) is 0.238. The van der Waals surface area contributed by atoms with Crippen molar-refractivity contribution in [3.8, 4) is 5.75 Å². The van der Waals surface area contributed by atoms with Gasteiger partial charge in [-0.05, 0) is 40.6 Å². The van der Waals surface area contributed by atoms with Crippen molar-refractivity contribution in [3.05, 3.63) is 72.1 Å². The maximum atomic E-state index is 12.9. The zero-order chi connectivity index (χ0) is 17.9. The molecule has 2 aromatic carbocycles. The van der Waals surface area contributed by atoms with Crippen LogP contribution >= 0.6 is 0 Å². The molecule has 0 bridgehead atoms. The molecule has 1 saturated heterocycles. The summed E-state index contributed by atoms with van der Waals surface area (Å²) >= 11 is 0. The molecule has 3 aromatic rings. The van der Waals surface area contributed by atoms with Gasteiger partial charge in [0.15, 0.2) is 0 Å². The third-order valence-corrected chi connectivity index (χ3v) is 4.91. The summed E-state index contributed by atoms with van der Waals surface area (Å²) in [5.41, 5.74) is 1.61. The van der Waals surface area contributed by atoms with Crippen LogP contribution in [0.2, 0.25) is 0 Å². The topological polar surface area (TPSA) is 56.7 Å². The standard InChI is InChI=1S/C21H21N3O2/c25-20-14-18-4-2-1-3-17(18)13-19(20)21(26)24-11-9-23(10-12-24)15-16-5-7-22-8-6-16/h1-8,13-14,25H,9-12,15H2. The molecule has 0 atom stereocenters. The van der Waals surface area contributed by atoms with Crippen LogP contribution in [0.3, 0.4) is 0 Å². The molecule has 0 saturated carbocycles. The molecule has 4 rings (SSSR count). The second kappa shape index (κ2) is 7.14. The molecule has 2 heterocycles. The molecule has 1 fully saturated rings. The van der Waals surface area contributed by atoms with Crippen LogP contribution in [-0.4, -0.2) is 52.0 Å². The monoisotopic (exact) mass is 347 g/mol. The van der Waals surface area contributed by atoms with Crippen molar-refractivity contribution in [1.82, 2.24) is 14.8 Å². The number of rotatable bonds is 3. The zero-order valence-electron chi connectivity index (χ0n) is 14.5. The molecule has 0 spiro atoms. The van der Waals surface area contributed by atoms with Gasteiger partial charge in [-0.3, -0.25) is 14.7 Å². The lowest BCUT2D eigenvalue weighted by Crippen LogP contribution is -2.48. The molecule has 1 amide bonds. The Morgan fingerprint density at radius 3 is 2.31 bits per heavy atom. The number of pyridine rings is 1. The van der Waals surface area contributed by atoms with E-state index < -0.39 is 0 Å². The second-order valence-electron chi connectivity index (χ2n) is 6.64. The zero-order valence-corrected chi connectivity index (χ0v) is 14.5. The Morgan fingerprint density at radius 1 is 0.962 bits per heavy atom. The van der Waals surface area contributed by atoms with Gasteiger partial charge in [-0.2, -0.15) is 0 Å². The first kappa shape index (κ1) is 16.5. The minimum absolute atomic E-state index is 0.0490. The van der Waals surface area contributed by atoms with Gasteiger partial charge in [0.05, 0.1) is 5.56 Å². The first-order valence-electron chi connectivity index (χ1n) is 8.83. The number of phenols is 1. The number of piperazine rings is 1. The van der Waals surface area contributed by atoms with Gasteiger partial charge in [-0.15, -0.1) is 0 Å². The van der Waals surface area contributed by atoms with E-state index in [4.69, 9.17) is 0 Å². The van der Waals surface area contributed by atoms with Crippen molar-refractivity contribution >= 4 is 16.7 Å². The molecule has 0 radical (unpaired) electrons. The normalized spacial score (nSPS) is 15.3. The Kier molecular flexibility index (Phi) is 4.54. The van der Waals surface area contributed by atoms with E-state index in [1.165, 1.54) is 5.56 Å². The Balaban J connectivity index is 1.44. The molecule has 1 aliphatic rings. The molecule has 26 heavy (non-hydrogen) atoms. The van der Waals surface area contributed by atoms with Crippen molar-refractivity contribution in [3.63, 3.8) is 0 Å². The van der Waals surface area contributed by atoms with Crippen LogP contribution in [0, 0.1) is 0 Å². The summed E-state index contributed by atoms with van der Waals surface area (Å²) in [7, 11) is 0. The smallest absolute Gasteiger partial charge is 0.257 e. The minimum Gasteiger partial charge on any atom is -0.507 e. The average molecular weight is 347 g/mol. The lowest BCUT2D eigenvalue weighted by atomic mass is 10.0. The summed E-state index contributed by atoms with van der Waals surface area (Å²) in [6.45, 7) is 3.84. The Bertz CT molecular complexity index is 919. The molecule has 5 heteroatoms. The van der Waals surface area contributed by atoms with Gasteiger partial charge in [0, 0.05) is 45.1 Å². The van der Waals surface area contributed by atoms with E-state index >= 15 is 0 Å². The van der Waals surface area contributed by atoms with Crippen molar-refractivity contribution in [2.24, 2.45) is 0 Å². The van der Waals surface area contributed by atoms with Crippen LogP contribution in [-0.2, 0) is 6.54 Å². The van der Waals surface area contributed by atoms with Gasteiger partial charge in [-0.1, -0.05) is 24.3 Å². The molecule has 1 aliphatic heterocycles. The lowest BCUT2D eigenvalue weighted by molar-refractivity contribution is 0.0626. The lowest BCUT2D eigenvalue weighted by Gasteiger charge is -2.34. The third kappa shape index (κ3) is 3.39. The summed E-state index contributed by atoms with van der Waals surface area (Å²) in [5, 5.41) is 12.2. The Hall–Kier alpha value is -2.92. The van der Waals surface area contributed by atoms with Crippen LogP contribution in [0.4, 0.5) is 0 Å². The minimum atomic E-state index is -0.100. The fourth-order valence-electron chi connectivity index (χ4n) is 3.43. The van der Waals surface area contributed by atoms with Crippen LogP contribution < -0.4 is 0 Å². The quantitative estimate of drug-likeness (QED) is 0.791. The maximum absolute atomic E-state index is 12.9. The highest BCUT2D eigenvalue weighted by atomic mass is 16.3. The first-order chi connectivity index (χ1) is 12.7. The van der Waals surface area contributed by atoms with Crippen LogP contribution in [0.1, 0.15) is 15.9 Å². The van der Waals surface area contributed by atoms with Crippen LogP contribution in [0.15, 0.2) is 60.9 Å². The number of fused-ring (bicyclic) bond motifs is 1. The number of nitrogens with zero attached hydrogens (tertiary/aromatic N) is 3. The molecule has 0 aliphatic carbocycles. The van der Waals surface area contributed by atoms with Crippen molar-refractivity contribution in [2.75, 3.05) is 26.2 Å². The molecule has 5 nitrogen and oxygen atoms in total. The third-order valence-electron chi connectivity index (χ3n) is 4.91. The summed E-state index contributed by atoms with van der Waals surface area (Å²) in [4.78, 5) is 21.1. The largest absolute Gasteiger partial charge is 0.507 e. The van der Waals surface area contributed by atoms with E-state index in [0.717, 1.165) is 30.4 Å². The number of carbonyl (C=O) groups is 1. The molecular weight excluding hydrogens is 326 g/mol. The van der Waals surface area contributed by atoms with Crippen molar-refractivity contribution < 1.29 is 9.90 Å². The van der Waals surface area contributed by atoms with E-state index in [2.05, 4.69) is 9.88 Å². The molecule has 0 unspecified atom stereocenters. The summed E-state index contributed by atoms with van der Waals surface area (Å²) in [5.74, 6) is -0.0512. The number of amides is 1. The van der Waals surface area contributed by atoms with Gasteiger partial charge >= 0.3 is 0 Å². The van der Waals surface area contributed by atoms with E-state index in [0.29, 0.717) is 18.7 Å². The first-order valence-corrected chi connectivity index (χ1v) is 8.83. The molecular formula is C21H21N3O2. The summed E-state index contributed by atoms with van der Waals surface area (Å²) < 4.78 is 0. The van der Waals surface area contributed by atoms with Gasteiger partial charge in [-0.25, -0.2) is 0 Å². The Morgan fingerprint density at radius 2 is 1.62 bits per heavy atom. The predicted octanol–water partition coefficient (Wildman–Crippen LogP) is 2.90. The number of carbonyl (C=O) groups excluding carboxylic acids is 1. The predicted molar refractivity (Wildman–Crippen MR) is 101 cm³/mol. The van der Waals surface area contributed by atoms with Gasteiger partial charge < -0.3 is 10.0 Å². The highest BCUT2D eigenvalue weighted by molar-refractivity contribution is 6.01. The number of benzene rings is 2.